The van der Waals surface area contributed by atoms with Gasteiger partial charge in [-0.2, -0.15) is 11.8 Å². The number of nitrogens with zero attached hydrogens (tertiary/aromatic N) is 1. The molecular formula is C22H27FN2O2S. The highest BCUT2D eigenvalue weighted by molar-refractivity contribution is 7.99. The summed E-state index contributed by atoms with van der Waals surface area (Å²) in [5, 5.41) is 3.03. The van der Waals surface area contributed by atoms with E-state index in [0.717, 1.165) is 42.0 Å². The molecule has 1 atom stereocenters. The Balaban J connectivity index is 1.53. The molecule has 150 valence electrons. The highest BCUT2D eigenvalue weighted by atomic mass is 32.2. The Labute approximate surface area is 170 Å². The van der Waals surface area contributed by atoms with Crippen molar-refractivity contribution in [3.05, 3.63) is 59.9 Å². The van der Waals surface area contributed by atoms with Gasteiger partial charge in [-0.1, -0.05) is 31.5 Å². The summed E-state index contributed by atoms with van der Waals surface area (Å²) in [6, 6.07) is 14.3. The number of unbranched alkanes of at least 4 members (excludes halogenated alkanes) is 1. The number of nitrogens with one attached hydrogen (secondary N) is 1. The minimum Gasteiger partial charge on any atom is -0.494 e. The maximum atomic E-state index is 14.1. The number of carbonyl (C=O) groups excluding carboxylic acids is 1. The van der Waals surface area contributed by atoms with Crippen LogP contribution in [-0.4, -0.2) is 36.4 Å². The van der Waals surface area contributed by atoms with E-state index in [4.69, 9.17) is 4.74 Å². The van der Waals surface area contributed by atoms with Gasteiger partial charge in [0.25, 0.3) is 0 Å². The lowest BCUT2D eigenvalue weighted by Crippen LogP contribution is -2.36. The zero-order valence-electron chi connectivity index (χ0n) is 16.2. The SMILES string of the molecule is CCCCOc1ccc(NC(=O)N2CCSC(c3ccccc3F)CC2)cc1. The molecule has 1 heterocycles. The van der Waals surface area contributed by atoms with Gasteiger partial charge in [0.1, 0.15) is 11.6 Å². The standard InChI is InChI=1S/C22H27FN2O2S/c1-2-3-15-27-18-10-8-17(9-11-18)24-22(26)25-13-12-21(28-16-14-25)19-6-4-5-7-20(19)23/h4-11,21H,2-3,12-16H2,1H3,(H,24,26). The predicted molar refractivity (Wildman–Crippen MR) is 114 cm³/mol. The molecule has 2 aromatic rings. The van der Waals surface area contributed by atoms with Crippen molar-refractivity contribution < 1.29 is 13.9 Å². The molecule has 1 aliphatic heterocycles. The number of ether oxygens (including phenoxy) is 1. The van der Waals surface area contributed by atoms with Gasteiger partial charge in [0.2, 0.25) is 0 Å². The zero-order valence-corrected chi connectivity index (χ0v) is 17.0. The van der Waals surface area contributed by atoms with Gasteiger partial charge in [-0.05, 0) is 43.2 Å². The van der Waals surface area contributed by atoms with Gasteiger partial charge in [0, 0.05) is 35.3 Å². The molecule has 1 unspecified atom stereocenters. The van der Waals surface area contributed by atoms with Crippen LogP contribution in [0.5, 0.6) is 5.75 Å². The third-order valence-corrected chi connectivity index (χ3v) is 6.06. The van der Waals surface area contributed by atoms with Crippen LogP contribution in [0.15, 0.2) is 48.5 Å². The highest BCUT2D eigenvalue weighted by Gasteiger charge is 2.23. The second kappa shape index (κ2) is 10.4. The minimum atomic E-state index is -0.167. The summed E-state index contributed by atoms with van der Waals surface area (Å²) in [4.78, 5) is 14.4. The molecule has 0 spiro atoms. The van der Waals surface area contributed by atoms with E-state index in [1.807, 2.05) is 36.4 Å². The molecule has 6 heteroatoms. The van der Waals surface area contributed by atoms with Crippen LogP contribution in [0.25, 0.3) is 0 Å². The molecule has 0 bridgehead atoms. The first-order chi connectivity index (χ1) is 13.7. The zero-order chi connectivity index (χ0) is 19.8. The van der Waals surface area contributed by atoms with Crippen LogP contribution in [0.1, 0.15) is 37.0 Å². The fourth-order valence-electron chi connectivity index (χ4n) is 3.13. The number of thioether (sulfide) groups is 1. The highest BCUT2D eigenvalue weighted by Crippen LogP contribution is 2.35. The Morgan fingerprint density at radius 3 is 2.75 bits per heavy atom. The number of carbonyl (C=O) groups is 1. The third kappa shape index (κ3) is 5.64. The summed E-state index contributed by atoms with van der Waals surface area (Å²) in [5.41, 5.74) is 1.48. The number of hydrogen-bond donors (Lipinski definition) is 1. The van der Waals surface area contributed by atoms with E-state index < -0.39 is 0 Å². The van der Waals surface area contributed by atoms with Gasteiger partial charge < -0.3 is 15.0 Å². The van der Waals surface area contributed by atoms with Gasteiger partial charge >= 0.3 is 6.03 Å². The van der Waals surface area contributed by atoms with Crippen molar-refractivity contribution in [1.29, 1.82) is 0 Å². The molecule has 0 radical (unpaired) electrons. The average molecular weight is 403 g/mol. The minimum absolute atomic E-state index is 0.0820. The molecule has 3 rings (SSSR count). The fraction of sp³-hybridized carbons (Fsp3) is 0.409. The molecule has 2 amide bonds. The van der Waals surface area contributed by atoms with Crippen LogP contribution >= 0.6 is 11.8 Å². The number of hydrogen-bond acceptors (Lipinski definition) is 3. The third-order valence-electron chi connectivity index (χ3n) is 4.75. The summed E-state index contributed by atoms with van der Waals surface area (Å²) in [5.74, 6) is 1.43. The van der Waals surface area contributed by atoms with Gasteiger partial charge in [-0.3, -0.25) is 0 Å². The van der Waals surface area contributed by atoms with E-state index in [1.54, 1.807) is 22.7 Å². The molecule has 1 fully saturated rings. The molecule has 1 saturated heterocycles. The van der Waals surface area contributed by atoms with E-state index in [2.05, 4.69) is 12.2 Å². The van der Waals surface area contributed by atoms with Crippen molar-refractivity contribution in [2.45, 2.75) is 31.4 Å². The lowest BCUT2D eigenvalue weighted by atomic mass is 10.1. The number of benzene rings is 2. The van der Waals surface area contributed by atoms with Crippen molar-refractivity contribution in [2.24, 2.45) is 0 Å². The van der Waals surface area contributed by atoms with E-state index >= 15 is 0 Å². The monoisotopic (exact) mass is 402 g/mol. The van der Waals surface area contributed by atoms with Crippen molar-refractivity contribution in [1.82, 2.24) is 4.90 Å². The molecule has 28 heavy (non-hydrogen) atoms. The summed E-state index contributed by atoms with van der Waals surface area (Å²) >= 11 is 1.71. The second-order valence-corrected chi connectivity index (χ2v) is 8.12. The molecule has 2 aromatic carbocycles. The number of rotatable bonds is 6. The quantitative estimate of drug-likeness (QED) is 0.629. The van der Waals surface area contributed by atoms with Crippen molar-refractivity contribution in [3.8, 4) is 5.75 Å². The molecule has 0 aliphatic carbocycles. The van der Waals surface area contributed by atoms with E-state index in [-0.39, 0.29) is 17.1 Å². The Kier molecular flexibility index (Phi) is 7.60. The number of anilines is 1. The van der Waals surface area contributed by atoms with Crippen LogP contribution in [-0.2, 0) is 0 Å². The van der Waals surface area contributed by atoms with Crippen molar-refractivity contribution >= 4 is 23.5 Å². The van der Waals surface area contributed by atoms with Gasteiger partial charge in [-0.15, -0.1) is 0 Å². The van der Waals surface area contributed by atoms with Crippen LogP contribution < -0.4 is 10.1 Å². The van der Waals surface area contributed by atoms with Crippen LogP contribution in [0.2, 0.25) is 0 Å². The Morgan fingerprint density at radius 2 is 2.00 bits per heavy atom. The summed E-state index contributed by atoms with van der Waals surface area (Å²) in [6.07, 6.45) is 2.86. The lowest BCUT2D eigenvalue weighted by Gasteiger charge is -2.21. The lowest BCUT2D eigenvalue weighted by molar-refractivity contribution is 0.215. The first-order valence-electron chi connectivity index (χ1n) is 9.82. The normalized spacial score (nSPS) is 17.1. The van der Waals surface area contributed by atoms with E-state index in [9.17, 15) is 9.18 Å². The fourth-order valence-corrected chi connectivity index (χ4v) is 4.38. The Bertz CT molecular complexity index is 769. The molecule has 1 aliphatic rings. The van der Waals surface area contributed by atoms with Gasteiger partial charge in [0.05, 0.1) is 6.61 Å². The predicted octanol–water partition coefficient (Wildman–Crippen LogP) is 5.72. The second-order valence-electron chi connectivity index (χ2n) is 6.81. The van der Waals surface area contributed by atoms with Crippen molar-refractivity contribution in [2.75, 3.05) is 30.8 Å². The summed E-state index contributed by atoms with van der Waals surface area (Å²) in [7, 11) is 0. The molecule has 0 aromatic heterocycles. The number of halogens is 1. The Morgan fingerprint density at radius 1 is 1.21 bits per heavy atom. The van der Waals surface area contributed by atoms with Gasteiger partial charge in [-0.25, -0.2) is 9.18 Å². The topological polar surface area (TPSA) is 41.6 Å². The smallest absolute Gasteiger partial charge is 0.321 e. The summed E-state index contributed by atoms with van der Waals surface area (Å²) in [6.45, 7) is 4.09. The largest absolute Gasteiger partial charge is 0.494 e. The summed E-state index contributed by atoms with van der Waals surface area (Å²) < 4.78 is 19.7. The average Bonchev–Trinajstić information content (AvgIpc) is 2.96. The van der Waals surface area contributed by atoms with E-state index in [1.165, 1.54) is 6.07 Å². The van der Waals surface area contributed by atoms with Crippen LogP contribution in [0, 0.1) is 5.82 Å². The molecular weight excluding hydrogens is 375 g/mol. The van der Waals surface area contributed by atoms with Crippen LogP contribution in [0.4, 0.5) is 14.9 Å². The van der Waals surface area contributed by atoms with Crippen molar-refractivity contribution in [3.63, 3.8) is 0 Å². The maximum Gasteiger partial charge on any atom is 0.321 e. The molecule has 4 nitrogen and oxygen atoms in total. The first kappa shape index (κ1) is 20.5. The number of amides is 2. The molecule has 0 saturated carbocycles. The maximum absolute atomic E-state index is 14.1. The number of urea groups is 1. The van der Waals surface area contributed by atoms with E-state index in [0.29, 0.717) is 19.7 Å². The first-order valence-corrected chi connectivity index (χ1v) is 10.9. The molecule has 1 N–H and O–H groups in total. The van der Waals surface area contributed by atoms with Crippen LogP contribution in [0.3, 0.4) is 0 Å². The van der Waals surface area contributed by atoms with Gasteiger partial charge in [0.15, 0.2) is 0 Å². The Hall–Kier alpha value is -2.21.